The van der Waals surface area contributed by atoms with Crippen molar-refractivity contribution in [2.24, 2.45) is 0 Å². The number of imidazole rings is 1. The Morgan fingerprint density at radius 2 is 1.85 bits per heavy atom. The molecule has 0 spiro atoms. The molecule has 0 saturated carbocycles. The maximum absolute atomic E-state index is 6.15. The number of hydrogen-bond acceptors (Lipinski definition) is 3. The highest BCUT2D eigenvalue weighted by Crippen LogP contribution is 2.24. The van der Waals surface area contributed by atoms with E-state index >= 15 is 0 Å². The summed E-state index contributed by atoms with van der Waals surface area (Å²) in [6, 6.07) is 5.72. The summed E-state index contributed by atoms with van der Waals surface area (Å²) in [6.07, 6.45) is 0. The predicted octanol–water partition coefficient (Wildman–Crippen LogP) is 2.00. The van der Waals surface area contributed by atoms with E-state index in [0.29, 0.717) is 27.2 Å². The minimum atomic E-state index is 0.376. The van der Waals surface area contributed by atoms with Crippen LogP contribution in [0, 0.1) is 13.8 Å². The van der Waals surface area contributed by atoms with Crippen LogP contribution in [0.4, 0.5) is 0 Å². The van der Waals surface area contributed by atoms with Crippen molar-refractivity contribution in [3.8, 4) is 5.69 Å². The highest BCUT2D eigenvalue weighted by atomic mass is 35.5. The lowest BCUT2D eigenvalue weighted by molar-refractivity contribution is 0.980. The predicted molar refractivity (Wildman–Crippen MR) is 84.3 cm³/mol. The van der Waals surface area contributed by atoms with Crippen molar-refractivity contribution in [2.45, 2.75) is 13.8 Å². The molecule has 0 unspecified atom stereocenters. The molecule has 1 aromatic carbocycles. The summed E-state index contributed by atoms with van der Waals surface area (Å²) in [7, 11) is 2.00. The summed E-state index contributed by atoms with van der Waals surface area (Å²) < 4.78 is 1.97. The van der Waals surface area contributed by atoms with Crippen LogP contribution < -0.4 is 5.46 Å². The van der Waals surface area contributed by atoms with Gasteiger partial charge in [0.05, 0.1) is 0 Å². The Labute approximate surface area is 127 Å². The molecule has 0 fully saturated rings. The molecule has 0 aliphatic heterocycles. The fraction of sp³-hybridized carbons (Fsp3) is 0.154. The van der Waals surface area contributed by atoms with Crippen molar-refractivity contribution < 1.29 is 0 Å². The SMILES string of the molecule is Bc1cc(Cl)ccc1-n1c(C)nc2c(Cl)nc(C)nc21. The van der Waals surface area contributed by atoms with Crippen LogP contribution in [-0.4, -0.2) is 27.4 Å². The first kappa shape index (κ1) is 13.4. The third-order valence-electron chi connectivity index (χ3n) is 3.14. The summed E-state index contributed by atoms with van der Waals surface area (Å²) in [6.45, 7) is 3.73. The van der Waals surface area contributed by atoms with E-state index in [1.54, 1.807) is 0 Å². The summed E-state index contributed by atoms with van der Waals surface area (Å²) in [5.41, 5.74) is 3.37. The summed E-state index contributed by atoms with van der Waals surface area (Å²) >= 11 is 12.2. The Morgan fingerprint density at radius 1 is 1.10 bits per heavy atom. The zero-order valence-electron chi connectivity index (χ0n) is 11.3. The first-order valence-corrected chi connectivity index (χ1v) is 6.88. The van der Waals surface area contributed by atoms with E-state index < -0.39 is 0 Å². The van der Waals surface area contributed by atoms with Gasteiger partial charge in [-0.25, -0.2) is 15.0 Å². The molecule has 4 nitrogen and oxygen atoms in total. The molecule has 0 N–H and O–H groups in total. The average Bonchev–Trinajstić information content (AvgIpc) is 2.67. The van der Waals surface area contributed by atoms with Gasteiger partial charge < -0.3 is 0 Å². The molecule has 0 saturated heterocycles. The second kappa shape index (κ2) is 4.75. The Hall–Kier alpha value is -1.59. The van der Waals surface area contributed by atoms with E-state index in [0.717, 1.165) is 17.0 Å². The fourth-order valence-electron chi connectivity index (χ4n) is 2.29. The van der Waals surface area contributed by atoms with Gasteiger partial charge in [-0.2, -0.15) is 0 Å². The molecule has 100 valence electrons. The topological polar surface area (TPSA) is 43.6 Å². The second-order valence-electron chi connectivity index (χ2n) is 4.66. The maximum Gasteiger partial charge on any atom is 0.169 e. The lowest BCUT2D eigenvalue weighted by Gasteiger charge is -2.10. The highest BCUT2D eigenvalue weighted by molar-refractivity contribution is 6.38. The minimum absolute atomic E-state index is 0.376. The number of fused-ring (bicyclic) bond motifs is 1. The van der Waals surface area contributed by atoms with Crippen LogP contribution in [0.1, 0.15) is 11.6 Å². The van der Waals surface area contributed by atoms with E-state index in [9.17, 15) is 0 Å². The third-order valence-corrected chi connectivity index (χ3v) is 3.64. The van der Waals surface area contributed by atoms with E-state index in [-0.39, 0.29) is 0 Å². The monoisotopic (exact) mass is 304 g/mol. The zero-order valence-corrected chi connectivity index (χ0v) is 12.8. The van der Waals surface area contributed by atoms with Crippen molar-refractivity contribution in [1.29, 1.82) is 0 Å². The van der Waals surface area contributed by atoms with Crippen LogP contribution in [0.5, 0.6) is 0 Å². The van der Waals surface area contributed by atoms with E-state index in [4.69, 9.17) is 23.2 Å². The van der Waals surface area contributed by atoms with Crippen molar-refractivity contribution in [1.82, 2.24) is 19.5 Å². The van der Waals surface area contributed by atoms with Crippen LogP contribution in [0.25, 0.3) is 16.9 Å². The fourth-order valence-corrected chi connectivity index (χ4v) is 2.77. The molecule has 0 atom stereocenters. The number of halogens is 2. The number of aromatic nitrogens is 4. The summed E-state index contributed by atoms with van der Waals surface area (Å²) in [5, 5.41) is 1.08. The van der Waals surface area contributed by atoms with Gasteiger partial charge in [0.1, 0.15) is 25.0 Å². The molecular formula is C13H11BCl2N4. The number of hydrogen-bond donors (Lipinski definition) is 0. The Kier molecular flexibility index (Phi) is 3.19. The van der Waals surface area contributed by atoms with Crippen LogP contribution in [-0.2, 0) is 0 Å². The minimum Gasteiger partial charge on any atom is -0.281 e. The smallest absolute Gasteiger partial charge is 0.169 e. The standard InChI is InChI=1S/C13H11BCl2N4/c1-6-17-12(16)11-13(18-6)20(7(2)19-11)10-4-3-8(15)5-9(10)14/h3-5H,14H2,1-2H3. The van der Waals surface area contributed by atoms with Crippen LogP contribution in [0.15, 0.2) is 18.2 Å². The molecule has 3 rings (SSSR count). The molecule has 2 heterocycles. The van der Waals surface area contributed by atoms with Gasteiger partial charge in [0.25, 0.3) is 0 Å². The molecule has 20 heavy (non-hydrogen) atoms. The Morgan fingerprint density at radius 3 is 2.55 bits per heavy atom. The lowest BCUT2D eigenvalue weighted by Crippen LogP contribution is -2.14. The summed E-state index contributed by atoms with van der Waals surface area (Å²) in [5.74, 6) is 1.43. The van der Waals surface area contributed by atoms with Crippen molar-refractivity contribution in [2.75, 3.05) is 0 Å². The molecule has 3 aromatic rings. The molecule has 0 bridgehead atoms. The Balaban J connectivity index is 2.38. The first-order chi connectivity index (χ1) is 9.47. The molecule has 0 radical (unpaired) electrons. The van der Waals surface area contributed by atoms with E-state index in [1.807, 2.05) is 44.5 Å². The molecule has 0 aliphatic carbocycles. The third kappa shape index (κ3) is 2.07. The van der Waals surface area contributed by atoms with Gasteiger partial charge in [0, 0.05) is 10.7 Å². The van der Waals surface area contributed by atoms with Crippen molar-refractivity contribution in [3.05, 3.63) is 40.0 Å². The van der Waals surface area contributed by atoms with Crippen molar-refractivity contribution in [3.63, 3.8) is 0 Å². The second-order valence-corrected chi connectivity index (χ2v) is 5.45. The van der Waals surface area contributed by atoms with Gasteiger partial charge in [-0.15, -0.1) is 0 Å². The van der Waals surface area contributed by atoms with E-state index in [1.165, 1.54) is 0 Å². The van der Waals surface area contributed by atoms with Gasteiger partial charge in [-0.3, -0.25) is 4.57 Å². The first-order valence-electron chi connectivity index (χ1n) is 6.13. The zero-order chi connectivity index (χ0) is 14.4. The largest absolute Gasteiger partial charge is 0.281 e. The number of nitrogens with zero attached hydrogens (tertiary/aromatic N) is 4. The van der Waals surface area contributed by atoms with Gasteiger partial charge in [-0.05, 0) is 32.0 Å². The number of benzene rings is 1. The van der Waals surface area contributed by atoms with Crippen LogP contribution in [0.2, 0.25) is 10.2 Å². The molecular weight excluding hydrogens is 294 g/mol. The maximum atomic E-state index is 6.15. The van der Waals surface area contributed by atoms with Crippen molar-refractivity contribution >= 4 is 47.7 Å². The molecule has 2 aromatic heterocycles. The molecule has 7 heteroatoms. The number of aryl methyl sites for hydroxylation is 2. The highest BCUT2D eigenvalue weighted by Gasteiger charge is 2.16. The van der Waals surface area contributed by atoms with Gasteiger partial charge in [-0.1, -0.05) is 28.7 Å². The van der Waals surface area contributed by atoms with Gasteiger partial charge in [0.2, 0.25) is 0 Å². The molecule has 0 aliphatic rings. The van der Waals surface area contributed by atoms with Gasteiger partial charge >= 0.3 is 0 Å². The van der Waals surface area contributed by atoms with Crippen LogP contribution >= 0.6 is 23.2 Å². The van der Waals surface area contributed by atoms with E-state index in [2.05, 4.69) is 15.0 Å². The lowest BCUT2D eigenvalue weighted by atomic mass is 9.94. The molecule has 0 amide bonds. The average molecular weight is 305 g/mol. The normalized spacial score (nSPS) is 11.2. The summed E-state index contributed by atoms with van der Waals surface area (Å²) in [4.78, 5) is 13.1. The quantitative estimate of drug-likeness (QED) is 0.510. The van der Waals surface area contributed by atoms with Crippen LogP contribution in [0.3, 0.4) is 0 Å². The Bertz CT molecular complexity index is 829. The van der Waals surface area contributed by atoms with Gasteiger partial charge in [0.15, 0.2) is 10.8 Å². The number of rotatable bonds is 1.